The highest BCUT2D eigenvalue weighted by Crippen LogP contribution is 2.35. The second kappa shape index (κ2) is 4.98. The van der Waals surface area contributed by atoms with Crippen LogP contribution in [0.4, 0.5) is 23.2 Å². The molecule has 0 bridgehead atoms. The first-order valence-electron chi connectivity index (χ1n) is 6.19. The zero-order chi connectivity index (χ0) is 16.1. The summed E-state index contributed by atoms with van der Waals surface area (Å²) in [6, 6.07) is 3.55. The van der Waals surface area contributed by atoms with E-state index in [1.54, 1.807) is 0 Å². The molecule has 0 aliphatic carbocycles. The zero-order valence-electron chi connectivity index (χ0n) is 10.9. The van der Waals surface area contributed by atoms with Crippen molar-refractivity contribution < 1.29 is 22.4 Å². The summed E-state index contributed by atoms with van der Waals surface area (Å²) in [6.07, 6.45) is -4.25. The van der Waals surface area contributed by atoms with E-state index in [0.717, 1.165) is 15.9 Å². The Balaban J connectivity index is 2.11. The van der Waals surface area contributed by atoms with E-state index < -0.39 is 23.6 Å². The van der Waals surface area contributed by atoms with Crippen molar-refractivity contribution in [3.8, 4) is 0 Å². The molecule has 22 heavy (non-hydrogen) atoms. The third-order valence-electron chi connectivity index (χ3n) is 3.23. The molecule has 0 unspecified atom stereocenters. The molecular weight excluding hydrogens is 326 g/mol. The molecule has 0 spiro atoms. The molecule has 0 N–H and O–H groups in total. The first-order chi connectivity index (χ1) is 10.3. The van der Waals surface area contributed by atoms with Crippen molar-refractivity contribution in [2.75, 3.05) is 18.0 Å². The standard InChI is InChI=1S/C13H8ClF4N3O/c14-7-1-2-9(8(15)5-7)21-11(22)6-10(13(16,17)18)20-4-3-19-12(20)21/h1-2,5-6H,3-4H2. The number of rotatable bonds is 1. The number of amides is 1. The Morgan fingerprint density at radius 1 is 1.27 bits per heavy atom. The molecule has 0 saturated heterocycles. The van der Waals surface area contributed by atoms with Gasteiger partial charge in [-0.05, 0) is 18.2 Å². The topological polar surface area (TPSA) is 35.9 Å². The molecule has 2 aliphatic rings. The van der Waals surface area contributed by atoms with Crippen molar-refractivity contribution in [1.29, 1.82) is 0 Å². The highest BCUT2D eigenvalue weighted by Gasteiger charge is 2.46. The maximum Gasteiger partial charge on any atom is 0.431 e. The number of allylic oxidation sites excluding steroid dienone is 1. The second-order valence-corrected chi connectivity index (χ2v) is 5.07. The fourth-order valence-corrected chi connectivity index (χ4v) is 2.50. The van der Waals surface area contributed by atoms with Crippen LogP contribution in [0.5, 0.6) is 0 Å². The molecule has 0 radical (unpaired) electrons. The molecule has 9 heteroatoms. The van der Waals surface area contributed by atoms with Gasteiger partial charge in [0.1, 0.15) is 11.5 Å². The number of aliphatic imine (C=N–C) groups is 1. The number of alkyl halides is 3. The molecule has 0 aromatic heterocycles. The summed E-state index contributed by atoms with van der Waals surface area (Å²) < 4.78 is 53.0. The molecule has 2 heterocycles. The van der Waals surface area contributed by atoms with Crippen LogP contribution in [0.25, 0.3) is 0 Å². The number of guanidine groups is 1. The number of anilines is 1. The number of carbonyl (C=O) groups is 1. The molecule has 0 atom stereocenters. The number of nitrogens with zero attached hydrogens (tertiary/aromatic N) is 3. The lowest BCUT2D eigenvalue weighted by Gasteiger charge is -2.35. The van der Waals surface area contributed by atoms with Crippen LogP contribution < -0.4 is 4.90 Å². The summed E-state index contributed by atoms with van der Waals surface area (Å²) in [5, 5.41) is 0.113. The molecular formula is C13H8ClF4N3O. The van der Waals surface area contributed by atoms with Crippen LogP contribution in [-0.4, -0.2) is 36.0 Å². The van der Waals surface area contributed by atoms with Crippen molar-refractivity contribution in [2.24, 2.45) is 4.99 Å². The zero-order valence-corrected chi connectivity index (χ0v) is 11.6. The molecule has 1 amide bonds. The molecule has 2 aliphatic heterocycles. The van der Waals surface area contributed by atoms with Gasteiger partial charge in [-0.2, -0.15) is 13.2 Å². The minimum atomic E-state index is -4.69. The van der Waals surface area contributed by atoms with Gasteiger partial charge in [0, 0.05) is 17.6 Å². The van der Waals surface area contributed by atoms with Crippen molar-refractivity contribution in [2.45, 2.75) is 6.18 Å². The Hall–Kier alpha value is -2.09. The van der Waals surface area contributed by atoms with Crippen LogP contribution in [0.2, 0.25) is 5.02 Å². The normalized spacial score (nSPS) is 18.3. The van der Waals surface area contributed by atoms with Crippen molar-refractivity contribution >= 4 is 29.2 Å². The number of halogens is 5. The van der Waals surface area contributed by atoms with Gasteiger partial charge in [0.15, 0.2) is 0 Å². The molecule has 116 valence electrons. The highest BCUT2D eigenvalue weighted by atomic mass is 35.5. The first kappa shape index (κ1) is 14.8. The number of benzene rings is 1. The Bertz CT molecular complexity index is 714. The monoisotopic (exact) mass is 333 g/mol. The maximum absolute atomic E-state index is 14.0. The summed E-state index contributed by atoms with van der Waals surface area (Å²) in [5.41, 5.74) is -1.29. The second-order valence-electron chi connectivity index (χ2n) is 4.63. The van der Waals surface area contributed by atoms with Crippen LogP contribution in [0, 0.1) is 5.82 Å². The average molecular weight is 334 g/mol. The van der Waals surface area contributed by atoms with Gasteiger partial charge in [0.05, 0.1) is 12.2 Å². The van der Waals surface area contributed by atoms with Crippen LogP contribution in [0.15, 0.2) is 35.0 Å². The molecule has 4 nitrogen and oxygen atoms in total. The van der Waals surface area contributed by atoms with E-state index in [0.29, 0.717) is 6.08 Å². The average Bonchev–Trinajstić information content (AvgIpc) is 2.87. The van der Waals surface area contributed by atoms with Gasteiger partial charge < -0.3 is 4.90 Å². The molecule has 0 saturated carbocycles. The third kappa shape index (κ3) is 2.33. The fraction of sp³-hybridized carbons (Fsp3) is 0.231. The lowest BCUT2D eigenvalue weighted by Crippen LogP contribution is -2.51. The Labute approximate surface area is 127 Å². The lowest BCUT2D eigenvalue weighted by molar-refractivity contribution is -0.119. The van der Waals surface area contributed by atoms with Gasteiger partial charge in [0.2, 0.25) is 5.96 Å². The minimum Gasteiger partial charge on any atom is -0.305 e. The number of carbonyl (C=O) groups excluding carboxylic acids is 1. The van der Waals surface area contributed by atoms with Crippen LogP contribution >= 0.6 is 11.6 Å². The van der Waals surface area contributed by atoms with Crippen molar-refractivity contribution in [3.05, 3.63) is 40.8 Å². The smallest absolute Gasteiger partial charge is 0.305 e. The maximum atomic E-state index is 14.0. The van der Waals surface area contributed by atoms with Gasteiger partial charge >= 0.3 is 6.18 Å². The van der Waals surface area contributed by atoms with Gasteiger partial charge in [0.25, 0.3) is 5.91 Å². The van der Waals surface area contributed by atoms with E-state index in [4.69, 9.17) is 11.6 Å². The van der Waals surface area contributed by atoms with E-state index in [1.165, 1.54) is 12.1 Å². The summed E-state index contributed by atoms with van der Waals surface area (Å²) in [6.45, 7) is 0.0570. The van der Waals surface area contributed by atoms with E-state index in [1.807, 2.05) is 0 Å². The number of hydrogen-bond donors (Lipinski definition) is 0. The summed E-state index contributed by atoms with van der Waals surface area (Å²) in [5.74, 6) is -2.06. The van der Waals surface area contributed by atoms with E-state index in [-0.39, 0.29) is 29.8 Å². The van der Waals surface area contributed by atoms with Gasteiger partial charge in [-0.15, -0.1) is 0 Å². The molecule has 3 rings (SSSR count). The fourth-order valence-electron chi connectivity index (χ4n) is 2.34. The molecule has 1 aromatic carbocycles. The van der Waals surface area contributed by atoms with Crippen molar-refractivity contribution in [1.82, 2.24) is 4.90 Å². The Morgan fingerprint density at radius 3 is 2.64 bits per heavy atom. The summed E-state index contributed by atoms with van der Waals surface area (Å²) in [7, 11) is 0. The van der Waals surface area contributed by atoms with Gasteiger partial charge in [-0.25, -0.2) is 9.29 Å². The van der Waals surface area contributed by atoms with Gasteiger partial charge in [-0.1, -0.05) is 11.6 Å². The predicted octanol–water partition coefficient (Wildman–Crippen LogP) is 2.94. The molecule has 0 fully saturated rings. The van der Waals surface area contributed by atoms with Crippen molar-refractivity contribution in [3.63, 3.8) is 0 Å². The summed E-state index contributed by atoms with van der Waals surface area (Å²) >= 11 is 5.64. The Kier molecular flexibility index (Phi) is 3.36. The van der Waals surface area contributed by atoms with Gasteiger partial charge in [-0.3, -0.25) is 9.79 Å². The van der Waals surface area contributed by atoms with E-state index >= 15 is 0 Å². The van der Waals surface area contributed by atoms with Crippen LogP contribution in [0.3, 0.4) is 0 Å². The first-order valence-corrected chi connectivity index (χ1v) is 6.57. The molecule has 1 aromatic rings. The predicted molar refractivity (Wildman–Crippen MR) is 72.0 cm³/mol. The summed E-state index contributed by atoms with van der Waals surface area (Å²) in [4.78, 5) is 17.6. The largest absolute Gasteiger partial charge is 0.431 e. The third-order valence-corrected chi connectivity index (χ3v) is 3.47. The van der Waals surface area contributed by atoms with Crippen LogP contribution in [0.1, 0.15) is 0 Å². The number of fused-ring (bicyclic) bond motifs is 1. The van der Waals surface area contributed by atoms with Crippen LogP contribution in [-0.2, 0) is 4.79 Å². The highest BCUT2D eigenvalue weighted by molar-refractivity contribution is 6.31. The van der Waals surface area contributed by atoms with E-state index in [9.17, 15) is 22.4 Å². The SMILES string of the molecule is O=C1C=C(C(F)(F)F)N2CCN=C2N1c1ccc(Cl)cc1F. The minimum absolute atomic E-state index is 0.0281. The lowest BCUT2D eigenvalue weighted by atomic mass is 10.2. The van der Waals surface area contributed by atoms with E-state index in [2.05, 4.69) is 4.99 Å². The Morgan fingerprint density at radius 2 is 2.00 bits per heavy atom. The quantitative estimate of drug-likeness (QED) is 0.741. The number of hydrogen-bond acceptors (Lipinski definition) is 3.